The Kier molecular flexibility index (Phi) is 5.53. The number of halogens is 3. The van der Waals surface area contributed by atoms with Gasteiger partial charge in [0.2, 0.25) is 5.95 Å². The highest BCUT2D eigenvalue weighted by atomic mass is 19.4. The third-order valence-corrected chi connectivity index (χ3v) is 3.78. The van der Waals surface area contributed by atoms with E-state index in [1.54, 1.807) is 31.4 Å². The molecule has 2 aromatic carbocycles. The van der Waals surface area contributed by atoms with Gasteiger partial charge in [-0.05, 0) is 42.5 Å². The summed E-state index contributed by atoms with van der Waals surface area (Å²) < 4.78 is 48.4. The lowest BCUT2D eigenvalue weighted by Crippen LogP contribution is -2.05. The number of nitrogens with one attached hydrogen (secondary N) is 2. The topological polar surface area (TPSA) is 68.3 Å². The molecule has 0 radical (unpaired) electrons. The number of nitrogens with zero attached hydrogens (tertiary/aromatic N) is 2. The first-order chi connectivity index (χ1) is 13.4. The van der Waals surface area contributed by atoms with Crippen molar-refractivity contribution in [3.05, 3.63) is 60.3 Å². The summed E-state index contributed by atoms with van der Waals surface area (Å²) in [4.78, 5) is 8.44. The van der Waals surface area contributed by atoms with E-state index in [1.165, 1.54) is 25.4 Å². The minimum Gasteiger partial charge on any atom is -0.493 e. The zero-order chi connectivity index (χ0) is 20.1. The van der Waals surface area contributed by atoms with Gasteiger partial charge >= 0.3 is 6.18 Å². The van der Waals surface area contributed by atoms with Gasteiger partial charge in [0.1, 0.15) is 5.82 Å². The highest BCUT2D eigenvalue weighted by Crippen LogP contribution is 2.31. The van der Waals surface area contributed by atoms with Crippen LogP contribution in [0.15, 0.2) is 54.7 Å². The van der Waals surface area contributed by atoms with Crippen LogP contribution in [-0.2, 0) is 6.18 Å². The zero-order valence-corrected chi connectivity index (χ0v) is 15.0. The van der Waals surface area contributed by atoms with Gasteiger partial charge in [0.05, 0.1) is 19.8 Å². The van der Waals surface area contributed by atoms with E-state index in [4.69, 9.17) is 9.47 Å². The molecule has 3 rings (SSSR count). The Morgan fingerprint density at radius 3 is 2.14 bits per heavy atom. The van der Waals surface area contributed by atoms with Crippen molar-refractivity contribution in [2.24, 2.45) is 0 Å². The molecule has 0 fully saturated rings. The van der Waals surface area contributed by atoms with Gasteiger partial charge in [-0.1, -0.05) is 0 Å². The molecule has 0 aliphatic carbocycles. The number of ether oxygens (including phenoxy) is 2. The highest BCUT2D eigenvalue weighted by molar-refractivity contribution is 5.62. The lowest BCUT2D eigenvalue weighted by Gasteiger charge is -2.12. The summed E-state index contributed by atoms with van der Waals surface area (Å²) in [5.74, 6) is 1.88. The number of rotatable bonds is 6. The first-order valence-electron chi connectivity index (χ1n) is 8.15. The number of benzene rings is 2. The summed E-state index contributed by atoms with van der Waals surface area (Å²) in [6, 6.07) is 11.6. The molecule has 2 N–H and O–H groups in total. The fourth-order valence-electron chi connectivity index (χ4n) is 2.42. The molecule has 0 spiro atoms. The molecular formula is C19H17F3N4O2. The third-order valence-electron chi connectivity index (χ3n) is 3.78. The van der Waals surface area contributed by atoms with Crippen LogP contribution in [-0.4, -0.2) is 24.2 Å². The van der Waals surface area contributed by atoms with Gasteiger partial charge in [0, 0.05) is 23.6 Å². The molecule has 3 aromatic rings. The maximum Gasteiger partial charge on any atom is 0.416 e. The first-order valence-corrected chi connectivity index (χ1v) is 8.15. The maximum absolute atomic E-state index is 12.6. The number of anilines is 4. The van der Waals surface area contributed by atoms with Crippen molar-refractivity contribution in [2.75, 3.05) is 24.9 Å². The summed E-state index contributed by atoms with van der Waals surface area (Å²) in [7, 11) is 3.08. The van der Waals surface area contributed by atoms with Crippen LogP contribution in [0.3, 0.4) is 0 Å². The molecular weight excluding hydrogens is 373 g/mol. The smallest absolute Gasteiger partial charge is 0.416 e. The Hall–Kier alpha value is -3.49. The quantitative estimate of drug-likeness (QED) is 0.617. The van der Waals surface area contributed by atoms with E-state index in [0.717, 1.165) is 12.1 Å². The summed E-state index contributed by atoms with van der Waals surface area (Å²) >= 11 is 0. The molecule has 0 bridgehead atoms. The summed E-state index contributed by atoms with van der Waals surface area (Å²) in [5, 5.41) is 5.98. The molecule has 1 aromatic heterocycles. The van der Waals surface area contributed by atoms with Gasteiger partial charge in [0.15, 0.2) is 11.5 Å². The van der Waals surface area contributed by atoms with Crippen LogP contribution in [0.2, 0.25) is 0 Å². The zero-order valence-electron chi connectivity index (χ0n) is 15.0. The number of aromatic nitrogens is 2. The molecule has 1 heterocycles. The molecule has 0 aliphatic rings. The van der Waals surface area contributed by atoms with Crippen molar-refractivity contribution in [3.63, 3.8) is 0 Å². The number of alkyl halides is 3. The normalized spacial score (nSPS) is 11.0. The van der Waals surface area contributed by atoms with Crippen molar-refractivity contribution in [1.82, 2.24) is 9.97 Å². The van der Waals surface area contributed by atoms with E-state index in [9.17, 15) is 13.2 Å². The summed E-state index contributed by atoms with van der Waals surface area (Å²) in [5.41, 5.74) is 0.449. The van der Waals surface area contributed by atoms with Gasteiger partial charge < -0.3 is 20.1 Å². The van der Waals surface area contributed by atoms with E-state index in [0.29, 0.717) is 34.6 Å². The Morgan fingerprint density at radius 1 is 0.821 bits per heavy atom. The second-order valence-electron chi connectivity index (χ2n) is 5.66. The van der Waals surface area contributed by atoms with Crippen molar-refractivity contribution in [3.8, 4) is 11.5 Å². The minimum atomic E-state index is -4.37. The van der Waals surface area contributed by atoms with Gasteiger partial charge in [-0.25, -0.2) is 4.98 Å². The largest absolute Gasteiger partial charge is 0.493 e. The molecule has 0 saturated carbocycles. The second-order valence-corrected chi connectivity index (χ2v) is 5.66. The van der Waals surface area contributed by atoms with Crippen LogP contribution in [0, 0.1) is 0 Å². The molecule has 0 saturated heterocycles. The molecule has 28 heavy (non-hydrogen) atoms. The Labute approximate surface area is 159 Å². The Morgan fingerprint density at radius 2 is 1.50 bits per heavy atom. The van der Waals surface area contributed by atoms with Crippen molar-refractivity contribution in [1.29, 1.82) is 0 Å². The molecule has 0 atom stereocenters. The van der Waals surface area contributed by atoms with E-state index < -0.39 is 11.7 Å². The van der Waals surface area contributed by atoms with Crippen LogP contribution in [0.25, 0.3) is 0 Å². The molecule has 0 aliphatic heterocycles. The molecule has 146 valence electrons. The fraction of sp³-hybridized carbons (Fsp3) is 0.158. The van der Waals surface area contributed by atoms with Gasteiger partial charge in [-0.15, -0.1) is 0 Å². The van der Waals surface area contributed by atoms with E-state index in [2.05, 4.69) is 20.6 Å². The monoisotopic (exact) mass is 390 g/mol. The summed E-state index contributed by atoms with van der Waals surface area (Å²) in [6.07, 6.45) is -2.84. The van der Waals surface area contributed by atoms with Crippen molar-refractivity contribution in [2.45, 2.75) is 6.18 Å². The van der Waals surface area contributed by atoms with Gasteiger partial charge in [-0.3, -0.25) is 0 Å². The van der Waals surface area contributed by atoms with Crippen molar-refractivity contribution >= 4 is 23.1 Å². The third kappa shape index (κ3) is 4.61. The highest BCUT2D eigenvalue weighted by Gasteiger charge is 2.29. The minimum absolute atomic E-state index is 0.309. The second kappa shape index (κ2) is 8.03. The van der Waals surface area contributed by atoms with Crippen LogP contribution in [0.1, 0.15) is 5.56 Å². The van der Waals surface area contributed by atoms with Crippen molar-refractivity contribution < 1.29 is 22.6 Å². The lowest BCUT2D eigenvalue weighted by molar-refractivity contribution is -0.137. The molecule has 0 amide bonds. The van der Waals surface area contributed by atoms with Crippen LogP contribution in [0.5, 0.6) is 11.5 Å². The number of hydrogen-bond donors (Lipinski definition) is 2. The summed E-state index contributed by atoms with van der Waals surface area (Å²) in [6.45, 7) is 0. The molecule has 0 unspecified atom stereocenters. The van der Waals surface area contributed by atoms with Crippen LogP contribution in [0.4, 0.5) is 36.3 Å². The number of hydrogen-bond acceptors (Lipinski definition) is 6. The Bertz CT molecular complexity index is 947. The molecule has 9 heteroatoms. The lowest BCUT2D eigenvalue weighted by atomic mass is 10.2. The Balaban J connectivity index is 1.74. The van der Waals surface area contributed by atoms with Gasteiger partial charge in [-0.2, -0.15) is 18.2 Å². The standard InChI is InChI=1S/C19H17F3N4O2/c1-27-15-8-7-14(11-16(15)28-2)25-18-23-10-9-17(26-18)24-13-5-3-12(4-6-13)19(20,21)22/h3-11H,1-2H3,(H2,23,24,25,26). The van der Waals surface area contributed by atoms with E-state index >= 15 is 0 Å². The average Bonchev–Trinajstić information content (AvgIpc) is 2.68. The van der Waals surface area contributed by atoms with Crippen LogP contribution >= 0.6 is 0 Å². The molecule has 6 nitrogen and oxygen atoms in total. The number of methoxy groups -OCH3 is 2. The van der Waals surface area contributed by atoms with Crippen LogP contribution < -0.4 is 20.1 Å². The average molecular weight is 390 g/mol. The maximum atomic E-state index is 12.6. The predicted octanol–water partition coefficient (Wildman–Crippen LogP) is 5.00. The van der Waals surface area contributed by atoms with E-state index in [1.807, 2.05) is 0 Å². The van der Waals surface area contributed by atoms with Gasteiger partial charge in [0.25, 0.3) is 0 Å². The fourth-order valence-corrected chi connectivity index (χ4v) is 2.42. The first kappa shape index (κ1) is 19.3. The van der Waals surface area contributed by atoms with E-state index in [-0.39, 0.29) is 0 Å². The predicted molar refractivity (Wildman–Crippen MR) is 99.6 cm³/mol. The SMILES string of the molecule is COc1ccc(Nc2nccc(Nc3ccc(C(F)(F)F)cc3)n2)cc1OC.